The lowest BCUT2D eigenvalue weighted by Crippen LogP contribution is -2.14. The normalized spacial score (nSPS) is 12.5. The predicted octanol–water partition coefficient (Wildman–Crippen LogP) is 5.36. The molecule has 1 unspecified atom stereocenters. The highest BCUT2D eigenvalue weighted by molar-refractivity contribution is 9.11. The van der Waals surface area contributed by atoms with Crippen molar-refractivity contribution in [3.63, 3.8) is 0 Å². The molecule has 0 aromatic heterocycles. The minimum Gasteiger partial charge on any atom is -0.324 e. The van der Waals surface area contributed by atoms with Crippen molar-refractivity contribution in [1.82, 2.24) is 0 Å². The summed E-state index contributed by atoms with van der Waals surface area (Å²) in [5.74, 6) is -0.249. The molecule has 1 atom stereocenters. The molecule has 0 radical (unpaired) electrons. The second kappa shape index (κ2) is 6.48. The molecule has 2 N–H and O–H groups in total. The van der Waals surface area contributed by atoms with E-state index >= 15 is 0 Å². The molecular formula is C14H11Br3FN. The summed E-state index contributed by atoms with van der Waals surface area (Å²) < 4.78 is 16.1. The Kier molecular flexibility index (Phi) is 5.17. The Hall–Kier alpha value is -0.230. The molecule has 0 aliphatic carbocycles. The monoisotopic (exact) mass is 449 g/mol. The van der Waals surface area contributed by atoms with Gasteiger partial charge in [0.25, 0.3) is 0 Å². The van der Waals surface area contributed by atoms with E-state index < -0.39 is 0 Å². The summed E-state index contributed by atoms with van der Waals surface area (Å²) >= 11 is 10.3. The third-order valence-corrected chi connectivity index (χ3v) is 4.45. The van der Waals surface area contributed by atoms with Gasteiger partial charge in [-0.3, -0.25) is 0 Å². The van der Waals surface area contributed by atoms with Crippen molar-refractivity contribution in [3.05, 3.63) is 66.8 Å². The maximum atomic E-state index is 13.3. The molecule has 0 heterocycles. The zero-order valence-electron chi connectivity index (χ0n) is 9.84. The topological polar surface area (TPSA) is 26.0 Å². The van der Waals surface area contributed by atoms with Gasteiger partial charge < -0.3 is 5.73 Å². The first-order valence-corrected chi connectivity index (χ1v) is 7.99. The van der Waals surface area contributed by atoms with E-state index in [1.54, 1.807) is 6.07 Å². The molecule has 2 rings (SSSR count). The second-order valence-electron chi connectivity index (χ2n) is 4.25. The molecule has 0 aliphatic heterocycles. The highest BCUT2D eigenvalue weighted by Gasteiger charge is 2.11. The lowest BCUT2D eigenvalue weighted by atomic mass is 10.00. The number of benzene rings is 2. The van der Waals surface area contributed by atoms with Crippen LogP contribution < -0.4 is 5.73 Å². The van der Waals surface area contributed by atoms with Crippen LogP contribution in [0.4, 0.5) is 4.39 Å². The molecule has 0 spiro atoms. The molecule has 0 fully saturated rings. The summed E-state index contributed by atoms with van der Waals surface area (Å²) in [6, 6.07) is 10.4. The summed E-state index contributed by atoms with van der Waals surface area (Å²) in [4.78, 5) is 0. The molecule has 0 saturated heterocycles. The third kappa shape index (κ3) is 4.12. The van der Waals surface area contributed by atoms with Crippen LogP contribution in [-0.4, -0.2) is 0 Å². The molecule has 2 aromatic rings. The second-order valence-corrected chi connectivity index (χ2v) is 6.93. The van der Waals surface area contributed by atoms with Gasteiger partial charge in [0.15, 0.2) is 0 Å². The third-order valence-electron chi connectivity index (χ3n) is 2.76. The Morgan fingerprint density at radius 1 is 1.00 bits per heavy atom. The van der Waals surface area contributed by atoms with Gasteiger partial charge in [-0.1, -0.05) is 47.8 Å². The fourth-order valence-electron chi connectivity index (χ4n) is 1.84. The van der Waals surface area contributed by atoms with Crippen molar-refractivity contribution < 1.29 is 4.39 Å². The Morgan fingerprint density at radius 3 is 2.26 bits per heavy atom. The zero-order chi connectivity index (χ0) is 14.0. The quantitative estimate of drug-likeness (QED) is 0.668. The van der Waals surface area contributed by atoms with Gasteiger partial charge in [0, 0.05) is 19.5 Å². The van der Waals surface area contributed by atoms with E-state index in [4.69, 9.17) is 5.73 Å². The van der Waals surface area contributed by atoms with Crippen LogP contribution in [0.15, 0.2) is 49.8 Å². The molecule has 0 bridgehead atoms. The number of rotatable bonds is 3. The summed E-state index contributed by atoms with van der Waals surface area (Å²) in [6.45, 7) is 0. The fraction of sp³-hybridized carbons (Fsp3) is 0.143. The van der Waals surface area contributed by atoms with Gasteiger partial charge in [-0.05, 0) is 53.9 Å². The Labute approximate surface area is 136 Å². The van der Waals surface area contributed by atoms with Gasteiger partial charge in [0.1, 0.15) is 5.82 Å². The fourth-order valence-corrected chi connectivity index (χ4v) is 3.58. The first-order valence-electron chi connectivity index (χ1n) is 5.61. The highest BCUT2D eigenvalue weighted by atomic mass is 79.9. The summed E-state index contributed by atoms with van der Waals surface area (Å²) in [7, 11) is 0. The average molecular weight is 452 g/mol. The van der Waals surface area contributed by atoms with Crippen LogP contribution in [0.3, 0.4) is 0 Å². The standard InChI is InChI=1S/C14H11Br3FN/c15-10-3-9(4-11(16)7-10)14(19)6-8-5-12(18)1-2-13(8)17/h1-5,7,14H,6,19H2. The zero-order valence-corrected chi connectivity index (χ0v) is 14.6. The van der Waals surface area contributed by atoms with Gasteiger partial charge >= 0.3 is 0 Å². The van der Waals surface area contributed by atoms with Gasteiger partial charge in [-0.15, -0.1) is 0 Å². The lowest BCUT2D eigenvalue weighted by Gasteiger charge is -2.14. The van der Waals surface area contributed by atoms with Crippen LogP contribution in [0.1, 0.15) is 17.2 Å². The first kappa shape index (κ1) is 15.2. The molecule has 100 valence electrons. The minimum absolute atomic E-state index is 0.188. The smallest absolute Gasteiger partial charge is 0.123 e. The van der Waals surface area contributed by atoms with E-state index in [-0.39, 0.29) is 11.9 Å². The number of hydrogen-bond donors (Lipinski definition) is 1. The predicted molar refractivity (Wildman–Crippen MR) is 86.6 cm³/mol. The summed E-state index contributed by atoms with van der Waals surface area (Å²) in [6.07, 6.45) is 0.571. The van der Waals surface area contributed by atoms with Crippen LogP contribution in [0, 0.1) is 5.82 Å². The van der Waals surface area contributed by atoms with Crippen molar-refractivity contribution in [3.8, 4) is 0 Å². The maximum Gasteiger partial charge on any atom is 0.123 e. The van der Waals surface area contributed by atoms with Gasteiger partial charge in [-0.25, -0.2) is 4.39 Å². The number of halogens is 4. The van der Waals surface area contributed by atoms with Crippen molar-refractivity contribution in [1.29, 1.82) is 0 Å². The minimum atomic E-state index is -0.249. The first-order chi connectivity index (χ1) is 8.95. The molecule has 5 heteroatoms. The van der Waals surface area contributed by atoms with Crippen LogP contribution in [0.2, 0.25) is 0 Å². The molecule has 0 aliphatic rings. The Balaban J connectivity index is 2.25. The van der Waals surface area contributed by atoms with Crippen molar-refractivity contribution >= 4 is 47.8 Å². The SMILES string of the molecule is NC(Cc1cc(F)ccc1Br)c1cc(Br)cc(Br)c1. The summed E-state index contributed by atoms with van der Waals surface area (Å²) in [5.41, 5.74) is 8.06. The van der Waals surface area contributed by atoms with Gasteiger partial charge in [0.2, 0.25) is 0 Å². The number of hydrogen-bond acceptors (Lipinski definition) is 1. The Bertz CT molecular complexity index is 581. The van der Waals surface area contributed by atoms with Crippen LogP contribution in [0.5, 0.6) is 0 Å². The van der Waals surface area contributed by atoms with Crippen LogP contribution in [-0.2, 0) is 6.42 Å². The highest BCUT2D eigenvalue weighted by Crippen LogP contribution is 2.27. The van der Waals surface area contributed by atoms with E-state index in [1.807, 2.05) is 18.2 Å². The van der Waals surface area contributed by atoms with E-state index in [1.165, 1.54) is 12.1 Å². The summed E-state index contributed by atoms with van der Waals surface area (Å²) in [5, 5.41) is 0. The van der Waals surface area contributed by atoms with Crippen LogP contribution in [0.25, 0.3) is 0 Å². The molecule has 1 nitrogen and oxygen atoms in total. The van der Waals surface area contributed by atoms with E-state index in [0.717, 1.165) is 24.5 Å². The van der Waals surface area contributed by atoms with E-state index in [9.17, 15) is 4.39 Å². The van der Waals surface area contributed by atoms with Crippen LogP contribution >= 0.6 is 47.8 Å². The van der Waals surface area contributed by atoms with Gasteiger partial charge in [0.05, 0.1) is 0 Å². The van der Waals surface area contributed by atoms with Gasteiger partial charge in [-0.2, -0.15) is 0 Å². The largest absolute Gasteiger partial charge is 0.324 e. The molecular weight excluding hydrogens is 441 g/mol. The lowest BCUT2D eigenvalue weighted by molar-refractivity contribution is 0.621. The molecule has 19 heavy (non-hydrogen) atoms. The maximum absolute atomic E-state index is 13.3. The van der Waals surface area contributed by atoms with E-state index in [0.29, 0.717) is 6.42 Å². The number of nitrogens with two attached hydrogens (primary N) is 1. The molecule has 0 amide bonds. The van der Waals surface area contributed by atoms with Crippen molar-refractivity contribution in [2.75, 3.05) is 0 Å². The average Bonchev–Trinajstić information content (AvgIpc) is 2.32. The van der Waals surface area contributed by atoms with E-state index in [2.05, 4.69) is 47.8 Å². The van der Waals surface area contributed by atoms with Crippen molar-refractivity contribution in [2.45, 2.75) is 12.5 Å². The van der Waals surface area contributed by atoms with Crippen molar-refractivity contribution in [2.24, 2.45) is 5.73 Å². The Morgan fingerprint density at radius 2 is 1.63 bits per heavy atom. The molecule has 0 saturated carbocycles. The molecule has 2 aromatic carbocycles.